The van der Waals surface area contributed by atoms with Crippen LogP contribution in [0.3, 0.4) is 0 Å². The van der Waals surface area contributed by atoms with Crippen LogP contribution < -0.4 is 5.32 Å². The highest BCUT2D eigenvalue weighted by molar-refractivity contribution is 5.89. The zero-order chi connectivity index (χ0) is 15.8. The van der Waals surface area contributed by atoms with Crippen molar-refractivity contribution in [3.05, 3.63) is 29.3 Å². The summed E-state index contributed by atoms with van der Waals surface area (Å²) in [6.45, 7) is 11.2. The highest BCUT2D eigenvalue weighted by Crippen LogP contribution is 2.46. The van der Waals surface area contributed by atoms with Crippen molar-refractivity contribution in [2.45, 2.75) is 59.9 Å². The van der Waals surface area contributed by atoms with Gasteiger partial charge in [0.2, 0.25) is 0 Å². The molecule has 3 nitrogen and oxygen atoms in total. The van der Waals surface area contributed by atoms with Gasteiger partial charge in [-0.25, -0.2) is 4.79 Å². The monoisotopic (exact) mass is 289 g/mol. The molecule has 21 heavy (non-hydrogen) atoms. The topological polar surface area (TPSA) is 49.3 Å². The highest BCUT2D eigenvalue weighted by atomic mass is 16.4. The van der Waals surface area contributed by atoms with Gasteiger partial charge in [-0.3, -0.25) is 0 Å². The number of benzene rings is 1. The first-order valence-electron chi connectivity index (χ1n) is 7.69. The van der Waals surface area contributed by atoms with Crippen LogP contribution in [0.25, 0.3) is 0 Å². The Labute approximate surface area is 127 Å². The van der Waals surface area contributed by atoms with Gasteiger partial charge in [-0.1, -0.05) is 27.7 Å². The minimum absolute atomic E-state index is 0.343. The Kier molecular flexibility index (Phi) is 4.05. The van der Waals surface area contributed by atoms with Crippen LogP contribution >= 0.6 is 0 Å². The third-order valence-corrected chi connectivity index (χ3v) is 4.38. The third-order valence-electron chi connectivity index (χ3n) is 4.38. The first-order chi connectivity index (χ1) is 9.58. The molecule has 0 heterocycles. The summed E-state index contributed by atoms with van der Waals surface area (Å²) in [5.41, 5.74) is 2.90. The van der Waals surface area contributed by atoms with Crippen molar-refractivity contribution in [3.63, 3.8) is 0 Å². The van der Waals surface area contributed by atoms with Gasteiger partial charge in [0, 0.05) is 11.7 Å². The van der Waals surface area contributed by atoms with Gasteiger partial charge >= 0.3 is 5.97 Å². The normalized spacial score (nSPS) is 21.0. The van der Waals surface area contributed by atoms with Crippen molar-refractivity contribution in [2.75, 3.05) is 5.32 Å². The number of hydrogen-bond donors (Lipinski definition) is 2. The molecule has 0 radical (unpaired) electrons. The van der Waals surface area contributed by atoms with E-state index >= 15 is 0 Å². The molecule has 116 valence electrons. The van der Waals surface area contributed by atoms with Crippen molar-refractivity contribution in [3.8, 4) is 0 Å². The lowest BCUT2D eigenvalue weighted by atomic mass is 9.63. The van der Waals surface area contributed by atoms with E-state index in [0.717, 1.165) is 24.1 Å². The number of hydrogen-bond acceptors (Lipinski definition) is 2. The molecule has 0 amide bonds. The van der Waals surface area contributed by atoms with E-state index in [1.54, 1.807) is 6.07 Å². The lowest BCUT2D eigenvalue weighted by Gasteiger charge is -2.45. The lowest BCUT2D eigenvalue weighted by molar-refractivity contribution is 0.0696. The summed E-state index contributed by atoms with van der Waals surface area (Å²) < 4.78 is 0. The molecular weight excluding hydrogens is 262 g/mol. The molecule has 1 aliphatic rings. The zero-order valence-corrected chi connectivity index (χ0v) is 13.8. The van der Waals surface area contributed by atoms with Crippen LogP contribution in [0.5, 0.6) is 0 Å². The van der Waals surface area contributed by atoms with E-state index in [1.807, 2.05) is 19.1 Å². The first kappa shape index (κ1) is 15.9. The fourth-order valence-corrected chi connectivity index (χ4v) is 4.18. The largest absolute Gasteiger partial charge is 0.478 e. The van der Waals surface area contributed by atoms with E-state index in [1.165, 1.54) is 6.42 Å². The second-order valence-electron chi connectivity index (χ2n) is 8.09. The van der Waals surface area contributed by atoms with E-state index < -0.39 is 5.97 Å². The molecule has 0 atom stereocenters. The third kappa shape index (κ3) is 3.99. The van der Waals surface area contributed by atoms with E-state index in [4.69, 9.17) is 5.11 Å². The molecule has 1 fully saturated rings. The summed E-state index contributed by atoms with van der Waals surface area (Å²) in [6, 6.07) is 5.96. The second kappa shape index (κ2) is 5.36. The van der Waals surface area contributed by atoms with Gasteiger partial charge in [0.15, 0.2) is 0 Å². The minimum Gasteiger partial charge on any atom is -0.478 e. The van der Waals surface area contributed by atoms with Crippen LogP contribution in [0.4, 0.5) is 5.69 Å². The number of anilines is 1. The van der Waals surface area contributed by atoms with Crippen LogP contribution in [0.15, 0.2) is 18.2 Å². The van der Waals surface area contributed by atoms with Crippen molar-refractivity contribution < 1.29 is 9.90 Å². The second-order valence-corrected chi connectivity index (χ2v) is 8.09. The van der Waals surface area contributed by atoms with E-state index in [9.17, 15) is 4.79 Å². The molecule has 0 bridgehead atoms. The van der Waals surface area contributed by atoms with Crippen molar-refractivity contribution in [1.29, 1.82) is 0 Å². The minimum atomic E-state index is -0.862. The van der Waals surface area contributed by atoms with Crippen LogP contribution in [0.1, 0.15) is 62.9 Å². The molecule has 2 rings (SSSR count). The van der Waals surface area contributed by atoms with E-state index in [-0.39, 0.29) is 0 Å². The van der Waals surface area contributed by atoms with Crippen LogP contribution in [-0.2, 0) is 0 Å². The van der Waals surface area contributed by atoms with Crippen LogP contribution in [0.2, 0.25) is 0 Å². The maximum Gasteiger partial charge on any atom is 0.335 e. The van der Waals surface area contributed by atoms with Crippen LogP contribution in [-0.4, -0.2) is 17.1 Å². The smallest absolute Gasteiger partial charge is 0.335 e. The van der Waals surface area contributed by atoms with Gasteiger partial charge in [-0.05, 0) is 60.8 Å². The summed E-state index contributed by atoms with van der Waals surface area (Å²) in [5.74, 6) is -0.862. The lowest BCUT2D eigenvalue weighted by Crippen LogP contribution is -2.40. The average Bonchev–Trinajstić information content (AvgIpc) is 2.23. The number of carboxylic acids is 1. The molecule has 3 heteroatoms. The van der Waals surface area contributed by atoms with E-state index in [0.29, 0.717) is 22.4 Å². The summed E-state index contributed by atoms with van der Waals surface area (Å²) in [5, 5.41) is 12.7. The molecule has 1 aromatic rings. The SMILES string of the molecule is Cc1cc(NC2CC(C)(C)CC(C)(C)C2)ccc1C(=O)O. The predicted octanol–water partition coefficient (Wildman–Crippen LogP) is 4.71. The Morgan fingerprint density at radius 2 is 1.76 bits per heavy atom. The number of aromatic carboxylic acids is 1. The number of carboxylic acid groups (broad SMARTS) is 1. The fraction of sp³-hybridized carbons (Fsp3) is 0.611. The van der Waals surface area contributed by atoms with Gasteiger partial charge in [0.25, 0.3) is 0 Å². The molecule has 2 N–H and O–H groups in total. The molecule has 0 saturated heterocycles. The number of rotatable bonds is 3. The van der Waals surface area contributed by atoms with Crippen molar-refractivity contribution >= 4 is 11.7 Å². The predicted molar refractivity (Wildman–Crippen MR) is 87.0 cm³/mol. The van der Waals surface area contributed by atoms with Gasteiger partial charge in [0.1, 0.15) is 0 Å². The number of aryl methyl sites for hydroxylation is 1. The molecule has 1 aromatic carbocycles. The molecule has 1 aliphatic carbocycles. The molecule has 0 spiro atoms. The average molecular weight is 289 g/mol. The molecule has 0 aliphatic heterocycles. The molecular formula is C18H27NO2. The summed E-state index contributed by atoms with van der Waals surface area (Å²) in [7, 11) is 0. The summed E-state index contributed by atoms with van der Waals surface area (Å²) >= 11 is 0. The fourth-order valence-electron chi connectivity index (χ4n) is 4.18. The first-order valence-corrected chi connectivity index (χ1v) is 7.69. The van der Waals surface area contributed by atoms with Crippen molar-refractivity contribution in [1.82, 2.24) is 0 Å². The van der Waals surface area contributed by atoms with Gasteiger partial charge in [0.05, 0.1) is 5.56 Å². The van der Waals surface area contributed by atoms with Gasteiger partial charge < -0.3 is 10.4 Å². The Bertz CT molecular complexity index is 530. The maximum absolute atomic E-state index is 11.1. The Morgan fingerprint density at radius 3 is 2.24 bits per heavy atom. The number of nitrogens with one attached hydrogen (secondary N) is 1. The van der Waals surface area contributed by atoms with E-state index in [2.05, 4.69) is 33.0 Å². The summed E-state index contributed by atoms with van der Waals surface area (Å²) in [4.78, 5) is 11.1. The number of carbonyl (C=O) groups is 1. The Hall–Kier alpha value is -1.51. The molecule has 0 unspecified atom stereocenters. The standard InChI is InChI=1S/C18H27NO2/c1-12-8-13(6-7-15(12)16(20)21)19-14-9-17(2,3)11-18(4,5)10-14/h6-8,14,19H,9-11H2,1-5H3,(H,20,21). The molecule has 0 aromatic heterocycles. The maximum atomic E-state index is 11.1. The Balaban J connectivity index is 2.14. The van der Waals surface area contributed by atoms with Crippen LogP contribution in [0, 0.1) is 17.8 Å². The summed E-state index contributed by atoms with van der Waals surface area (Å²) in [6.07, 6.45) is 3.54. The molecule has 1 saturated carbocycles. The van der Waals surface area contributed by atoms with Gasteiger partial charge in [-0.15, -0.1) is 0 Å². The zero-order valence-electron chi connectivity index (χ0n) is 13.8. The van der Waals surface area contributed by atoms with Crippen molar-refractivity contribution in [2.24, 2.45) is 10.8 Å². The highest BCUT2D eigenvalue weighted by Gasteiger charge is 2.38. The van der Waals surface area contributed by atoms with Gasteiger partial charge in [-0.2, -0.15) is 0 Å². The Morgan fingerprint density at radius 1 is 1.19 bits per heavy atom. The quantitative estimate of drug-likeness (QED) is 0.847.